The van der Waals surface area contributed by atoms with Crippen LogP contribution in [0.25, 0.3) is 0 Å². The second kappa shape index (κ2) is 4.29. The van der Waals surface area contributed by atoms with E-state index in [0.717, 1.165) is 0 Å². The maximum atomic E-state index is 13.1. The quantitative estimate of drug-likeness (QED) is 0.796. The molecule has 0 unspecified atom stereocenters. The number of nitrogens with one attached hydrogen (secondary N) is 1. The average Bonchev–Trinajstić information content (AvgIpc) is 1.98. The van der Waals surface area contributed by atoms with Crippen LogP contribution in [0.2, 0.25) is 5.02 Å². The third-order valence-corrected chi connectivity index (χ3v) is 2.77. The SMILES string of the molecule is CC(C)Nc1cc(F)c(Br)c(Cl)c1. The summed E-state index contributed by atoms with van der Waals surface area (Å²) < 4.78 is 13.4. The van der Waals surface area contributed by atoms with Crippen molar-refractivity contribution in [1.29, 1.82) is 0 Å². The van der Waals surface area contributed by atoms with Crippen LogP contribution in [0, 0.1) is 5.82 Å². The number of rotatable bonds is 2. The topological polar surface area (TPSA) is 12.0 Å². The number of anilines is 1. The van der Waals surface area contributed by atoms with Gasteiger partial charge in [-0.05, 0) is 41.9 Å². The van der Waals surface area contributed by atoms with Crippen molar-refractivity contribution >= 4 is 33.2 Å². The Bertz CT molecular complexity index is 291. The zero-order valence-corrected chi connectivity index (χ0v) is 9.71. The number of benzene rings is 1. The molecule has 13 heavy (non-hydrogen) atoms. The highest BCUT2D eigenvalue weighted by Gasteiger charge is 2.06. The van der Waals surface area contributed by atoms with Crippen LogP contribution < -0.4 is 5.32 Å². The summed E-state index contributed by atoms with van der Waals surface area (Å²) >= 11 is 8.82. The van der Waals surface area contributed by atoms with Crippen LogP contribution in [0.1, 0.15) is 13.8 Å². The second-order valence-electron chi connectivity index (χ2n) is 3.05. The molecule has 0 saturated heterocycles. The van der Waals surface area contributed by atoms with Crippen LogP contribution in [0.3, 0.4) is 0 Å². The molecule has 0 aliphatic heterocycles. The first kappa shape index (κ1) is 10.8. The maximum absolute atomic E-state index is 13.1. The molecule has 0 fully saturated rings. The number of hydrogen-bond acceptors (Lipinski definition) is 1. The average molecular weight is 267 g/mol. The Morgan fingerprint density at radius 3 is 2.54 bits per heavy atom. The number of hydrogen-bond donors (Lipinski definition) is 1. The van der Waals surface area contributed by atoms with Gasteiger partial charge in [-0.25, -0.2) is 4.39 Å². The van der Waals surface area contributed by atoms with Crippen LogP contribution in [-0.2, 0) is 0 Å². The minimum Gasteiger partial charge on any atom is -0.383 e. The highest BCUT2D eigenvalue weighted by Crippen LogP contribution is 2.29. The Morgan fingerprint density at radius 1 is 1.46 bits per heavy atom. The van der Waals surface area contributed by atoms with Crippen molar-refractivity contribution in [3.8, 4) is 0 Å². The Balaban J connectivity index is 2.99. The van der Waals surface area contributed by atoms with E-state index in [9.17, 15) is 4.39 Å². The molecule has 0 atom stereocenters. The lowest BCUT2D eigenvalue weighted by Gasteiger charge is -2.10. The summed E-state index contributed by atoms with van der Waals surface area (Å²) in [5.41, 5.74) is 0.695. The molecule has 0 amide bonds. The summed E-state index contributed by atoms with van der Waals surface area (Å²) in [5, 5.41) is 3.45. The molecule has 1 nitrogen and oxygen atoms in total. The van der Waals surface area contributed by atoms with Gasteiger partial charge in [0.15, 0.2) is 0 Å². The smallest absolute Gasteiger partial charge is 0.140 e. The Morgan fingerprint density at radius 2 is 2.08 bits per heavy atom. The first-order chi connectivity index (χ1) is 6.00. The van der Waals surface area contributed by atoms with Gasteiger partial charge >= 0.3 is 0 Å². The van der Waals surface area contributed by atoms with Crippen molar-refractivity contribution < 1.29 is 4.39 Å². The Hall–Kier alpha value is -0.280. The van der Waals surface area contributed by atoms with Gasteiger partial charge in [0, 0.05) is 11.7 Å². The van der Waals surface area contributed by atoms with Gasteiger partial charge in [-0.2, -0.15) is 0 Å². The van der Waals surface area contributed by atoms with Crippen molar-refractivity contribution in [2.75, 3.05) is 5.32 Å². The normalized spacial score (nSPS) is 10.6. The molecule has 0 bridgehead atoms. The predicted molar refractivity (Wildman–Crippen MR) is 57.9 cm³/mol. The molecule has 1 aromatic carbocycles. The largest absolute Gasteiger partial charge is 0.383 e. The van der Waals surface area contributed by atoms with Gasteiger partial charge in [-0.15, -0.1) is 0 Å². The van der Waals surface area contributed by atoms with Gasteiger partial charge in [0.25, 0.3) is 0 Å². The van der Waals surface area contributed by atoms with Gasteiger partial charge in [0.05, 0.1) is 9.50 Å². The molecular weight excluding hydrogens is 256 g/mol. The maximum Gasteiger partial charge on any atom is 0.140 e. The third-order valence-electron chi connectivity index (χ3n) is 1.44. The van der Waals surface area contributed by atoms with E-state index in [2.05, 4.69) is 21.2 Å². The molecule has 0 saturated carbocycles. The predicted octanol–water partition coefficient (Wildman–Crippen LogP) is 4.06. The molecule has 0 spiro atoms. The minimum atomic E-state index is -0.351. The molecule has 0 radical (unpaired) electrons. The van der Waals surface area contributed by atoms with Crippen LogP contribution in [0.15, 0.2) is 16.6 Å². The summed E-state index contributed by atoms with van der Waals surface area (Å²) in [7, 11) is 0. The van der Waals surface area contributed by atoms with E-state index in [1.165, 1.54) is 6.07 Å². The zero-order valence-electron chi connectivity index (χ0n) is 7.37. The van der Waals surface area contributed by atoms with E-state index in [-0.39, 0.29) is 11.9 Å². The molecule has 0 aromatic heterocycles. The monoisotopic (exact) mass is 265 g/mol. The van der Waals surface area contributed by atoms with Gasteiger partial charge in [-0.1, -0.05) is 11.6 Å². The standard InChI is InChI=1S/C9H10BrClFN/c1-5(2)13-6-3-7(11)9(10)8(12)4-6/h3-5,13H,1-2H3. The molecule has 72 valence electrons. The van der Waals surface area contributed by atoms with Crippen molar-refractivity contribution in [2.45, 2.75) is 19.9 Å². The molecule has 0 heterocycles. The van der Waals surface area contributed by atoms with Crippen LogP contribution >= 0.6 is 27.5 Å². The lowest BCUT2D eigenvalue weighted by Crippen LogP contribution is -2.09. The van der Waals surface area contributed by atoms with Gasteiger partial charge in [-0.3, -0.25) is 0 Å². The van der Waals surface area contributed by atoms with Crippen LogP contribution in [0.5, 0.6) is 0 Å². The summed E-state index contributed by atoms with van der Waals surface area (Å²) in [6.07, 6.45) is 0. The van der Waals surface area contributed by atoms with E-state index in [0.29, 0.717) is 15.2 Å². The van der Waals surface area contributed by atoms with Crippen LogP contribution in [-0.4, -0.2) is 6.04 Å². The van der Waals surface area contributed by atoms with Gasteiger partial charge < -0.3 is 5.32 Å². The van der Waals surface area contributed by atoms with Crippen molar-refractivity contribution in [3.05, 3.63) is 27.4 Å². The fourth-order valence-electron chi connectivity index (χ4n) is 0.972. The molecule has 1 N–H and O–H groups in total. The molecule has 4 heteroatoms. The summed E-state index contributed by atoms with van der Waals surface area (Å²) in [5.74, 6) is -0.351. The van der Waals surface area contributed by atoms with E-state index < -0.39 is 0 Å². The number of halogens is 3. The van der Waals surface area contributed by atoms with Crippen molar-refractivity contribution in [3.63, 3.8) is 0 Å². The van der Waals surface area contributed by atoms with Gasteiger partial charge in [0.1, 0.15) is 5.82 Å². The molecular formula is C9H10BrClFN. The Labute approximate surface area is 90.4 Å². The van der Waals surface area contributed by atoms with E-state index >= 15 is 0 Å². The highest BCUT2D eigenvalue weighted by atomic mass is 79.9. The van der Waals surface area contributed by atoms with E-state index in [4.69, 9.17) is 11.6 Å². The van der Waals surface area contributed by atoms with Crippen molar-refractivity contribution in [1.82, 2.24) is 0 Å². The third kappa shape index (κ3) is 2.85. The second-order valence-corrected chi connectivity index (χ2v) is 4.25. The lowest BCUT2D eigenvalue weighted by atomic mass is 10.3. The van der Waals surface area contributed by atoms with Gasteiger partial charge in [0.2, 0.25) is 0 Å². The molecule has 0 aliphatic rings. The Kier molecular flexibility index (Phi) is 3.56. The summed E-state index contributed by atoms with van der Waals surface area (Å²) in [6.45, 7) is 3.96. The lowest BCUT2D eigenvalue weighted by molar-refractivity contribution is 0.621. The first-order valence-electron chi connectivity index (χ1n) is 3.92. The summed E-state index contributed by atoms with van der Waals surface area (Å²) in [4.78, 5) is 0. The fraction of sp³-hybridized carbons (Fsp3) is 0.333. The van der Waals surface area contributed by atoms with Crippen LogP contribution in [0.4, 0.5) is 10.1 Å². The molecule has 0 aliphatic carbocycles. The van der Waals surface area contributed by atoms with E-state index in [1.807, 2.05) is 13.8 Å². The fourth-order valence-corrected chi connectivity index (χ4v) is 1.41. The minimum absolute atomic E-state index is 0.261. The summed E-state index contributed by atoms with van der Waals surface area (Å²) in [6, 6.07) is 3.36. The van der Waals surface area contributed by atoms with E-state index in [1.54, 1.807) is 6.07 Å². The molecule has 1 rings (SSSR count). The highest BCUT2D eigenvalue weighted by molar-refractivity contribution is 9.10. The zero-order chi connectivity index (χ0) is 10.0. The molecule has 1 aromatic rings. The first-order valence-corrected chi connectivity index (χ1v) is 5.09. The van der Waals surface area contributed by atoms with Crippen molar-refractivity contribution in [2.24, 2.45) is 0 Å².